The van der Waals surface area contributed by atoms with Gasteiger partial charge in [0, 0.05) is 13.2 Å². The molecule has 1 aliphatic rings. The van der Waals surface area contributed by atoms with Crippen molar-refractivity contribution in [1.82, 2.24) is 5.32 Å². The van der Waals surface area contributed by atoms with Gasteiger partial charge in [0.05, 0.1) is 19.3 Å². The highest BCUT2D eigenvalue weighted by Crippen LogP contribution is 2.03. The summed E-state index contributed by atoms with van der Waals surface area (Å²) in [5, 5.41) is 3.34. The van der Waals surface area contributed by atoms with E-state index in [0.29, 0.717) is 13.2 Å². The summed E-state index contributed by atoms with van der Waals surface area (Å²) >= 11 is 0. The first-order chi connectivity index (χ1) is 7.95. The van der Waals surface area contributed by atoms with Crippen LogP contribution in [-0.4, -0.2) is 32.4 Å². The van der Waals surface area contributed by atoms with E-state index in [1.165, 1.54) is 5.56 Å². The van der Waals surface area contributed by atoms with Crippen LogP contribution < -0.4 is 5.32 Å². The third-order valence-electron chi connectivity index (χ3n) is 2.64. The Hall–Kier alpha value is -0.900. The lowest BCUT2D eigenvalue weighted by atomic mass is 10.2. The molecule has 3 nitrogen and oxygen atoms in total. The molecule has 2 rings (SSSR count). The van der Waals surface area contributed by atoms with Crippen molar-refractivity contribution in [1.29, 1.82) is 0 Å². The van der Waals surface area contributed by atoms with Gasteiger partial charge in [-0.15, -0.1) is 0 Å². The maximum atomic E-state index is 5.65. The predicted octanol–water partition coefficient (Wildman–Crippen LogP) is 1.58. The lowest BCUT2D eigenvalue weighted by molar-refractivity contribution is -0.0127. The molecule has 1 aliphatic heterocycles. The maximum absolute atomic E-state index is 5.65. The first-order valence-corrected chi connectivity index (χ1v) is 5.89. The van der Waals surface area contributed by atoms with E-state index in [4.69, 9.17) is 9.47 Å². The summed E-state index contributed by atoms with van der Waals surface area (Å²) in [6, 6.07) is 10.2. The molecule has 0 aliphatic carbocycles. The lowest BCUT2D eigenvalue weighted by Crippen LogP contribution is -2.30. The van der Waals surface area contributed by atoms with Crippen LogP contribution in [0.3, 0.4) is 0 Å². The van der Waals surface area contributed by atoms with Crippen molar-refractivity contribution in [3.8, 4) is 0 Å². The van der Waals surface area contributed by atoms with Crippen molar-refractivity contribution in [2.75, 3.05) is 26.3 Å². The largest absolute Gasteiger partial charge is 0.374 e. The van der Waals surface area contributed by atoms with Crippen molar-refractivity contribution in [2.45, 2.75) is 19.1 Å². The molecule has 0 spiro atoms. The standard InChI is InChI=1S/C13H19NO2/c1-2-5-12(6-3-1)10-15-11-13-9-14-7-4-8-16-13/h1-3,5-6,13-14H,4,7-11H2/t13-/m0/s1. The number of rotatable bonds is 4. The molecule has 3 heteroatoms. The average molecular weight is 221 g/mol. The highest BCUT2D eigenvalue weighted by molar-refractivity contribution is 5.13. The molecule has 1 heterocycles. The van der Waals surface area contributed by atoms with Gasteiger partial charge in [-0.3, -0.25) is 0 Å². The topological polar surface area (TPSA) is 30.5 Å². The summed E-state index contributed by atoms with van der Waals surface area (Å²) in [6.45, 7) is 4.12. The molecular weight excluding hydrogens is 202 g/mol. The molecule has 0 saturated carbocycles. The van der Waals surface area contributed by atoms with Crippen LogP contribution in [0, 0.1) is 0 Å². The Kier molecular flexibility index (Phi) is 4.80. The monoisotopic (exact) mass is 221 g/mol. The predicted molar refractivity (Wildman–Crippen MR) is 63.3 cm³/mol. The average Bonchev–Trinajstić information content (AvgIpc) is 2.59. The van der Waals surface area contributed by atoms with E-state index in [9.17, 15) is 0 Å². The van der Waals surface area contributed by atoms with Crippen LogP contribution in [0.2, 0.25) is 0 Å². The SMILES string of the molecule is c1ccc(COC[C@@H]2CNCCCO2)cc1. The Bertz CT molecular complexity index is 281. The zero-order valence-electron chi connectivity index (χ0n) is 9.52. The Morgan fingerprint density at radius 2 is 2.19 bits per heavy atom. The van der Waals surface area contributed by atoms with Crippen LogP contribution in [0.5, 0.6) is 0 Å². The summed E-state index contributed by atoms with van der Waals surface area (Å²) in [5.41, 5.74) is 1.21. The minimum absolute atomic E-state index is 0.200. The Morgan fingerprint density at radius 1 is 1.31 bits per heavy atom. The maximum Gasteiger partial charge on any atom is 0.0932 e. The first-order valence-electron chi connectivity index (χ1n) is 5.89. The summed E-state index contributed by atoms with van der Waals surface area (Å²) < 4.78 is 11.3. The molecule has 1 aromatic rings. The van der Waals surface area contributed by atoms with Crippen LogP contribution in [0.4, 0.5) is 0 Å². The summed E-state index contributed by atoms with van der Waals surface area (Å²) in [4.78, 5) is 0. The van der Waals surface area contributed by atoms with E-state index in [0.717, 1.165) is 26.1 Å². The van der Waals surface area contributed by atoms with Gasteiger partial charge in [0.25, 0.3) is 0 Å². The molecule has 1 aromatic carbocycles. The molecule has 88 valence electrons. The molecule has 1 atom stereocenters. The molecule has 16 heavy (non-hydrogen) atoms. The Labute approximate surface area is 96.8 Å². The van der Waals surface area contributed by atoms with Gasteiger partial charge in [-0.2, -0.15) is 0 Å². The van der Waals surface area contributed by atoms with E-state index in [1.807, 2.05) is 18.2 Å². The third-order valence-corrected chi connectivity index (χ3v) is 2.64. The normalized spacial score (nSPS) is 21.6. The Morgan fingerprint density at radius 3 is 3.06 bits per heavy atom. The number of nitrogens with one attached hydrogen (secondary N) is 1. The molecule has 0 unspecified atom stereocenters. The van der Waals surface area contributed by atoms with Gasteiger partial charge in [-0.05, 0) is 18.5 Å². The van der Waals surface area contributed by atoms with Crippen molar-refractivity contribution < 1.29 is 9.47 Å². The molecule has 1 saturated heterocycles. The fraction of sp³-hybridized carbons (Fsp3) is 0.538. The fourth-order valence-corrected chi connectivity index (χ4v) is 1.76. The number of benzene rings is 1. The Balaban J connectivity index is 1.67. The fourth-order valence-electron chi connectivity index (χ4n) is 1.76. The first kappa shape index (κ1) is 11.6. The van der Waals surface area contributed by atoms with Gasteiger partial charge < -0.3 is 14.8 Å². The second-order valence-electron chi connectivity index (χ2n) is 4.05. The van der Waals surface area contributed by atoms with E-state index >= 15 is 0 Å². The van der Waals surface area contributed by atoms with Crippen molar-refractivity contribution >= 4 is 0 Å². The van der Waals surface area contributed by atoms with E-state index in [2.05, 4.69) is 17.4 Å². The van der Waals surface area contributed by atoms with E-state index in [-0.39, 0.29) is 6.10 Å². The van der Waals surface area contributed by atoms with Gasteiger partial charge in [-0.25, -0.2) is 0 Å². The number of hydrogen-bond acceptors (Lipinski definition) is 3. The minimum Gasteiger partial charge on any atom is -0.374 e. The summed E-state index contributed by atoms with van der Waals surface area (Å²) in [7, 11) is 0. The zero-order valence-corrected chi connectivity index (χ0v) is 9.52. The molecule has 0 aromatic heterocycles. The number of ether oxygens (including phenoxy) is 2. The van der Waals surface area contributed by atoms with E-state index < -0.39 is 0 Å². The van der Waals surface area contributed by atoms with Gasteiger partial charge >= 0.3 is 0 Å². The molecular formula is C13H19NO2. The second kappa shape index (κ2) is 6.63. The van der Waals surface area contributed by atoms with E-state index in [1.54, 1.807) is 0 Å². The smallest absolute Gasteiger partial charge is 0.0932 e. The second-order valence-corrected chi connectivity index (χ2v) is 4.05. The summed E-state index contributed by atoms with van der Waals surface area (Å²) in [6.07, 6.45) is 1.29. The van der Waals surface area contributed by atoms with Crippen molar-refractivity contribution in [2.24, 2.45) is 0 Å². The lowest BCUT2D eigenvalue weighted by Gasteiger charge is -2.15. The quantitative estimate of drug-likeness (QED) is 0.837. The van der Waals surface area contributed by atoms with Gasteiger partial charge in [0.2, 0.25) is 0 Å². The number of hydrogen-bond donors (Lipinski definition) is 1. The molecule has 0 bridgehead atoms. The summed E-state index contributed by atoms with van der Waals surface area (Å²) in [5.74, 6) is 0. The molecule has 0 radical (unpaired) electrons. The van der Waals surface area contributed by atoms with Gasteiger partial charge in [0.15, 0.2) is 0 Å². The van der Waals surface area contributed by atoms with Gasteiger partial charge in [-0.1, -0.05) is 30.3 Å². The third kappa shape index (κ3) is 3.93. The van der Waals surface area contributed by atoms with Crippen LogP contribution in [0.15, 0.2) is 30.3 Å². The van der Waals surface area contributed by atoms with Crippen LogP contribution in [0.1, 0.15) is 12.0 Å². The highest BCUT2D eigenvalue weighted by atomic mass is 16.5. The van der Waals surface area contributed by atoms with Crippen LogP contribution >= 0.6 is 0 Å². The molecule has 1 fully saturated rings. The van der Waals surface area contributed by atoms with Crippen LogP contribution in [0.25, 0.3) is 0 Å². The molecule has 0 amide bonds. The van der Waals surface area contributed by atoms with Crippen molar-refractivity contribution in [3.63, 3.8) is 0 Å². The molecule has 1 N–H and O–H groups in total. The van der Waals surface area contributed by atoms with Crippen LogP contribution in [-0.2, 0) is 16.1 Å². The zero-order chi connectivity index (χ0) is 11.1. The highest BCUT2D eigenvalue weighted by Gasteiger charge is 2.11. The van der Waals surface area contributed by atoms with Crippen molar-refractivity contribution in [3.05, 3.63) is 35.9 Å². The minimum atomic E-state index is 0.200. The van der Waals surface area contributed by atoms with Gasteiger partial charge in [0.1, 0.15) is 0 Å².